The van der Waals surface area contributed by atoms with Crippen LogP contribution in [0, 0.1) is 11.3 Å². The normalized spacial score (nSPS) is 27.7. The van der Waals surface area contributed by atoms with Crippen LogP contribution in [-0.4, -0.2) is 17.8 Å². The van der Waals surface area contributed by atoms with Crippen molar-refractivity contribution in [2.24, 2.45) is 11.3 Å². The molecule has 82 valence electrons. The summed E-state index contributed by atoms with van der Waals surface area (Å²) < 4.78 is 0. The van der Waals surface area contributed by atoms with Gasteiger partial charge >= 0.3 is 0 Å². The van der Waals surface area contributed by atoms with Crippen molar-refractivity contribution >= 4 is 17.5 Å². The van der Waals surface area contributed by atoms with Gasteiger partial charge < -0.3 is 5.32 Å². The molecule has 1 amide bonds. The fourth-order valence-electron chi connectivity index (χ4n) is 1.78. The Morgan fingerprint density at radius 1 is 1.50 bits per heavy atom. The summed E-state index contributed by atoms with van der Waals surface area (Å²) in [6, 6.07) is 0.366. The Labute approximate surface area is 91.4 Å². The fourth-order valence-corrected chi connectivity index (χ4v) is 1.91. The summed E-state index contributed by atoms with van der Waals surface area (Å²) in [4.78, 5) is 11.8. The zero-order valence-electron chi connectivity index (χ0n) is 9.27. The molecule has 0 aromatic carbocycles. The van der Waals surface area contributed by atoms with E-state index in [2.05, 4.69) is 12.2 Å². The number of alkyl halides is 1. The summed E-state index contributed by atoms with van der Waals surface area (Å²) in [6.45, 7) is 5.97. The van der Waals surface area contributed by atoms with Crippen molar-refractivity contribution in [1.29, 1.82) is 0 Å². The highest BCUT2D eigenvalue weighted by Crippen LogP contribution is 2.26. The molecule has 1 rings (SSSR count). The largest absolute Gasteiger partial charge is 0.353 e. The fraction of sp³-hybridized carbons (Fsp3) is 0.909. The van der Waals surface area contributed by atoms with Crippen LogP contribution < -0.4 is 5.32 Å². The summed E-state index contributed by atoms with van der Waals surface area (Å²) in [5.41, 5.74) is -0.441. The second-order valence-electron chi connectivity index (χ2n) is 5.01. The third kappa shape index (κ3) is 2.63. The van der Waals surface area contributed by atoms with Crippen LogP contribution in [0.4, 0.5) is 0 Å². The molecule has 1 N–H and O–H groups in total. The minimum Gasteiger partial charge on any atom is -0.353 e. The lowest BCUT2D eigenvalue weighted by Gasteiger charge is -2.25. The second-order valence-corrected chi connectivity index (χ2v) is 5.27. The monoisotopic (exact) mass is 217 g/mol. The maximum Gasteiger partial charge on any atom is 0.227 e. The second kappa shape index (κ2) is 4.52. The zero-order chi connectivity index (χ0) is 10.8. The van der Waals surface area contributed by atoms with Crippen LogP contribution in [0.2, 0.25) is 0 Å². The van der Waals surface area contributed by atoms with Crippen molar-refractivity contribution in [1.82, 2.24) is 5.32 Å². The third-order valence-electron chi connectivity index (χ3n) is 3.13. The molecule has 3 heteroatoms. The molecule has 0 spiro atoms. The molecule has 0 aromatic heterocycles. The Balaban J connectivity index is 2.48. The summed E-state index contributed by atoms with van der Waals surface area (Å²) >= 11 is 5.75. The average molecular weight is 218 g/mol. The first kappa shape index (κ1) is 11.8. The molecule has 1 aliphatic carbocycles. The Morgan fingerprint density at radius 2 is 2.14 bits per heavy atom. The van der Waals surface area contributed by atoms with Gasteiger partial charge in [0.15, 0.2) is 0 Å². The van der Waals surface area contributed by atoms with Gasteiger partial charge in [-0.25, -0.2) is 0 Å². The van der Waals surface area contributed by atoms with Gasteiger partial charge in [0.05, 0.1) is 5.41 Å². The lowest BCUT2D eigenvalue weighted by atomic mass is 9.94. The lowest BCUT2D eigenvalue weighted by Crippen LogP contribution is -2.44. The van der Waals surface area contributed by atoms with Crippen molar-refractivity contribution < 1.29 is 4.79 Å². The highest BCUT2D eigenvalue weighted by Gasteiger charge is 2.31. The first-order chi connectivity index (χ1) is 6.47. The van der Waals surface area contributed by atoms with Crippen LogP contribution >= 0.6 is 11.6 Å². The van der Waals surface area contributed by atoms with E-state index in [9.17, 15) is 4.79 Å². The Morgan fingerprint density at radius 3 is 2.57 bits per heavy atom. The van der Waals surface area contributed by atoms with Gasteiger partial charge in [0.1, 0.15) is 0 Å². The molecule has 0 radical (unpaired) electrons. The molecule has 1 saturated carbocycles. The first-order valence-corrected chi connectivity index (χ1v) is 5.88. The standard InChI is InChI=1S/C11H20ClNO/c1-8-5-4-6-9(8)13-10(14)11(2,3)7-12/h8-9H,4-7H2,1-3H3,(H,13,14). The number of carbonyl (C=O) groups excluding carboxylic acids is 1. The van der Waals surface area contributed by atoms with Crippen molar-refractivity contribution in [3.63, 3.8) is 0 Å². The summed E-state index contributed by atoms with van der Waals surface area (Å²) in [5.74, 6) is 1.08. The van der Waals surface area contributed by atoms with E-state index in [-0.39, 0.29) is 5.91 Å². The smallest absolute Gasteiger partial charge is 0.227 e. The van der Waals surface area contributed by atoms with Crippen LogP contribution in [-0.2, 0) is 4.79 Å². The molecule has 2 unspecified atom stereocenters. The molecular formula is C11H20ClNO. The molecule has 0 bridgehead atoms. The minimum absolute atomic E-state index is 0.0891. The van der Waals surface area contributed by atoms with Gasteiger partial charge in [0, 0.05) is 11.9 Å². The van der Waals surface area contributed by atoms with E-state index in [0.29, 0.717) is 17.8 Å². The van der Waals surface area contributed by atoms with Gasteiger partial charge in [-0.05, 0) is 32.6 Å². The number of rotatable bonds is 3. The van der Waals surface area contributed by atoms with E-state index in [4.69, 9.17) is 11.6 Å². The molecule has 2 nitrogen and oxygen atoms in total. The van der Waals surface area contributed by atoms with Gasteiger partial charge in [-0.15, -0.1) is 11.6 Å². The Bertz CT molecular complexity index is 215. The topological polar surface area (TPSA) is 29.1 Å². The van der Waals surface area contributed by atoms with Crippen LogP contribution in [0.3, 0.4) is 0 Å². The third-order valence-corrected chi connectivity index (χ3v) is 3.79. The van der Waals surface area contributed by atoms with E-state index in [1.807, 2.05) is 13.8 Å². The molecule has 1 aliphatic rings. The molecule has 0 aromatic rings. The van der Waals surface area contributed by atoms with Gasteiger partial charge in [0.25, 0.3) is 0 Å². The number of hydrogen-bond donors (Lipinski definition) is 1. The maximum absolute atomic E-state index is 11.8. The van der Waals surface area contributed by atoms with Gasteiger partial charge in [-0.1, -0.05) is 13.3 Å². The van der Waals surface area contributed by atoms with E-state index in [1.54, 1.807) is 0 Å². The predicted molar refractivity (Wildman–Crippen MR) is 59.4 cm³/mol. The lowest BCUT2D eigenvalue weighted by molar-refractivity contribution is -0.129. The molecule has 14 heavy (non-hydrogen) atoms. The molecule has 1 fully saturated rings. The zero-order valence-corrected chi connectivity index (χ0v) is 10.0. The number of hydrogen-bond acceptors (Lipinski definition) is 1. The van der Waals surface area contributed by atoms with Crippen molar-refractivity contribution in [3.05, 3.63) is 0 Å². The molecule has 0 saturated heterocycles. The number of amides is 1. The van der Waals surface area contributed by atoms with Gasteiger partial charge in [0.2, 0.25) is 5.91 Å². The number of halogens is 1. The van der Waals surface area contributed by atoms with E-state index >= 15 is 0 Å². The van der Waals surface area contributed by atoms with Crippen molar-refractivity contribution in [2.75, 3.05) is 5.88 Å². The van der Waals surface area contributed by atoms with E-state index < -0.39 is 5.41 Å². The average Bonchev–Trinajstić information content (AvgIpc) is 2.52. The summed E-state index contributed by atoms with van der Waals surface area (Å²) in [5, 5.41) is 3.10. The highest BCUT2D eigenvalue weighted by atomic mass is 35.5. The van der Waals surface area contributed by atoms with E-state index in [0.717, 1.165) is 6.42 Å². The Hall–Kier alpha value is -0.240. The molecule has 0 heterocycles. The number of nitrogens with one attached hydrogen (secondary N) is 1. The highest BCUT2D eigenvalue weighted by molar-refractivity contribution is 6.19. The van der Waals surface area contributed by atoms with Crippen LogP contribution in [0.25, 0.3) is 0 Å². The van der Waals surface area contributed by atoms with Gasteiger partial charge in [-0.3, -0.25) is 4.79 Å². The molecular weight excluding hydrogens is 198 g/mol. The van der Waals surface area contributed by atoms with Crippen LogP contribution in [0.5, 0.6) is 0 Å². The van der Waals surface area contributed by atoms with Crippen LogP contribution in [0.15, 0.2) is 0 Å². The maximum atomic E-state index is 11.8. The molecule has 0 aliphatic heterocycles. The predicted octanol–water partition coefficient (Wildman–Crippen LogP) is 2.56. The quantitative estimate of drug-likeness (QED) is 0.724. The SMILES string of the molecule is CC1CCCC1NC(=O)C(C)(C)CCl. The first-order valence-electron chi connectivity index (χ1n) is 5.34. The van der Waals surface area contributed by atoms with Crippen LogP contribution in [0.1, 0.15) is 40.0 Å². The van der Waals surface area contributed by atoms with E-state index in [1.165, 1.54) is 12.8 Å². The van der Waals surface area contributed by atoms with Crippen molar-refractivity contribution in [3.8, 4) is 0 Å². The summed E-state index contributed by atoms with van der Waals surface area (Å²) in [6.07, 6.45) is 3.57. The minimum atomic E-state index is -0.441. The van der Waals surface area contributed by atoms with Gasteiger partial charge in [-0.2, -0.15) is 0 Å². The Kier molecular flexibility index (Phi) is 3.82. The summed E-state index contributed by atoms with van der Waals surface area (Å²) in [7, 11) is 0. The van der Waals surface area contributed by atoms with Crippen molar-refractivity contribution in [2.45, 2.75) is 46.1 Å². The number of carbonyl (C=O) groups is 1. The molecule has 2 atom stereocenters.